The highest BCUT2D eigenvalue weighted by Crippen LogP contribution is 2.34. The molecule has 16 heteroatoms. The SMILES string of the molecule is COCCOC1C(c2ccc(C(=O)N(c3nc(CC4(C)ON=C(c5ccc(C(=O)N(c6nccc7c6COC7)C6CCCNC6)cc5)C4=O)ccc3C)C3CCCNC3)cc2)=NOC1(C)C. The zero-order valence-corrected chi connectivity index (χ0v) is 38.3. The molecule has 2 aromatic carbocycles. The minimum absolute atomic E-state index is 0.0747. The Morgan fingerprint density at radius 1 is 0.788 bits per heavy atom. The van der Waals surface area contributed by atoms with Crippen LogP contribution in [0.4, 0.5) is 11.6 Å². The number of rotatable bonds is 14. The van der Waals surface area contributed by atoms with Gasteiger partial charge in [-0.1, -0.05) is 40.6 Å². The first-order valence-corrected chi connectivity index (χ1v) is 22.9. The monoisotopic (exact) mass is 898 g/mol. The molecule has 5 aliphatic heterocycles. The topological polar surface area (TPSA) is 178 Å². The number of hydrogen-bond acceptors (Lipinski definition) is 14. The second-order valence-electron chi connectivity index (χ2n) is 18.4. The van der Waals surface area contributed by atoms with Crippen molar-refractivity contribution in [2.24, 2.45) is 10.3 Å². The molecule has 0 aliphatic carbocycles. The van der Waals surface area contributed by atoms with Crippen molar-refractivity contribution in [3.05, 3.63) is 118 Å². The highest BCUT2D eigenvalue weighted by Gasteiger charge is 2.46. The zero-order chi connectivity index (χ0) is 46.0. The predicted octanol–water partition coefficient (Wildman–Crippen LogP) is 5.46. The summed E-state index contributed by atoms with van der Waals surface area (Å²) in [6.45, 7) is 12.3. The van der Waals surface area contributed by atoms with Gasteiger partial charge in [-0.3, -0.25) is 24.2 Å². The summed E-state index contributed by atoms with van der Waals surface area (Å²) < 4.78 is 17.1. The van der Waals surface area contributed by atoms with Gasteiger partial charge in [-0.25, -0.2) is 9.97 Å². The van der Waals surface area contributed by atoms with Crippen LogP contribution in [0.2, 0.25) is 0 Å². The first-order valence-electron chi connectivity index (χ1n) is 22.9. The van der Waals surface area contributed by atoms with Gasteiger partial charge < -0.3 is 34.5 Å². The van der Waals surface area contributed by atoms with E-state index < -0.39 is 17.3 Å². The number of pyridine rings is 2. The minimum Gasteiger partial charge on any atom is -0.386 e. The lowest BCUT2D eigenvalue weighted by atomic mass is 9.89. The molecule has 4 atom stereocenters. The van der Waals surface area contributed by atoms with Crippen LogP contribution in [0.5, 0.6) is 0 Å². The summed E-state index contributed by atoms with van der Waals surface area (Å²) in [7, 11) is 1.63. The molecule has 0 spiro atoms. The number of ether oxygens (including phenoxy) is 3. The van der Waals surface area contributed by atoms with Crippen molar-refractivity contribution in [2.45, 2.75) is 102 Å². The third-order valence-electron chi connectivity index (χ3n) is 13.1. The molecule has 346 valence electrons. The van der Waals surface area contributed by atoms with Gasteiger partial charge in [-0.05, 0) is 114 Å². The quantitative estimate of drug-likeness (QED) is 0.153. The number of carbonyl (C=O) groups is 3. The van der Waals surface area contributed by atoms with Crippen molar-refractivity contribution >= 4 is 40.7 Å². The number of nitrogens with zero attached hydrogens (tertiary/aromatic N) is 6. The average Bonchev–Trinajstić information content (AvgIpc) is 4.03. The first kappa shape index (κ1) is 45.3. The van der Waals surface area contributed by atoms with E-state index in [4.69, 9.17) is 28.9 Å². The maximum atomic E-state index is 14.7. The molecule has 7 heterocycles. The molecule has 0 bridgehead atoms. The number of aryl methyl sites for hydroxylation is 1. The van der Waals surface area contributed by atoms with Gasteiger partial charge in [-0.15, -0.1) is 0 Å². The van der Waals surface area contributed by atoms with E-state index in [1.54, 1.807) is 61.5 Å². The van der Waals surface area contributed by atoms with Crippen molar-refractivity contribution in [1.82, 2.24) is 20.6 Å². The molecule has 16 nitrogen and oxygen atoms in total. The summed E-state index contributed by atoms with van der Waals surface area (Å²) in [5.74, 6) is 0.486. The second kappa shape index (κ2) is 19.1. The Bertz CT molecular complexity index is 2520. The molecule has 4 aromatic rings. The number of methoxy groups -OCH3 is 1. The summed E-state index contributed by atoms with van der Waals surface area (Å²) in [6, 6.07) is 19.8. The molecular formula is C50H58N8O8. The van der Waals surface area contributed by atoms with E-state index in [9.17, 15) is 14.4 Å². The first-order chi connectivity index (χ1) is 32.0. The molecule has 5 aliphatic rings. The molecule has 2 aromatic heterocycles. The molecule has 0 saturated carbocycles. The van der Waals surface area contributed by atoms with Gasteiger partial charge in [0.15, 0.2) is 11.3 Å². The largest absolute Gasteiger partial charge is 0.386 e. The Labute approximate surface area is 385 Å². The van der Waals surface area contributed by atoms with Crippen LogP contribution in [0.15, 0.2) is 83.2 Å². The molecule has 0 radical (unpaired) electrons. The van der Waals surface area contributed by atoms with Gasteiger partial charge in [0.2, 0.25) is 11.4 Å². The number of Topliss-reactive ketones (excluding diaryl/α,β-unsaturated/α-hetero) is 1. The zero-order valence-electron chi connectivity index (χ0n) is 38.3. The Balaban J connectivity index is 0.922. The molecule has 2 saturated heterocycles. The maximum absolute atomic E-state index is 14.7. The van der Waals surface area contributed by atoms with Crippen molar-refractivity contribution in [2.75, 3.05) is 56.3 Å². The van der Waals surface area contributed by atoms with Crippen LogP contribution in [0.3, 0.4) is 0 Å². The Hall–Kier alpha value is -5.91. The number of nitrogens with one attached hydrogen (secondary N) is 2. The lowest BCUT2D eigenvalue weighted by Crippen LogP contribution is -2.49. The van der Waals surface area contributed by atoms with Crippen LogP contribution in [-0.4, -0.2) is 115 Å². The normalized spacial score (nSPS) is 23.3. The highest BCUT2D eigenvalue weighted by molar-refractivity contribution is 6.49. The van der Waals surface area contributed by atoms with E-state index in [0.717, 1.165) is 61.0 Å². The molecule has 66 heavy (non-hydrogen) atoms. The van der Waals surface area contributed by atoms with Gasteiger partial charge in [0.1, 0.15) is 23.5 Å². The molecule has 2 fully saturated rings. The number of hydrogen-bond donors (Lipinski definition) is 2. The van der Waals surface area contributed by atoms with Gasteiger partial charge in [0.05, 0.1) is 38.5 Å². The number of aromatic nitrogens is 2. The van der Waals surface area contributed by atoms with Crippen LogP contribution < -0.4 is 20.4 Å². The number of fused-ring (bicyclic) bond motifs is 1. The number of benzene rings is 2. The lowest BCUT2D eigenvalue weighted by Gasteiger charge is -2.35. The van der Waals surface area contributed by atoms with Crippen LogP contribution in [-0.2, 0) is 48.3 Å². The third-order valence-corrected chi connectivity index (χ3v) is 13.1. The summed E-state index contributed by atoms with van der Waals surface area (Å²) >= 11 is 0. The average molecular weight is 899 g/mol. The number of piperidine rings is 2. The summed E-state index contributed by atoms with van der Waals surface area (Å²) in [4.78, 5) is 68.3. The fraction of sp³-hybridized carbons (Fsp3) is 0.460. The number of ketones is 1. The number of oxime groups is 2. The van der Waals surface area contributed by atoms with Gasteiger partial charge in [0, 0.05) is 66.3 Å². The number of amides is 2. The van der Waals surface area contributed by atoms with Crippen molar-refractivity contribution in [3.63, 3.8) is 0 Å². The van der Waals surface area contributed by atoms with Crippen molar-refractivity contribution < 1.29 is 38.3 Å². The summed E-state index contributed by atoms with van der Waals surface area (Å²) in [5.41, 5.74) is 4.45. The summed E-state index contributed by atoms with van der Waals surface area (Å²) in [6.07, 6.45) is 4.92. The van der Waals surface area contributed by atoms with Gasteiger partial charge in [-0.2, -0.15) is 0 Å². The fourth-order valence-corrected chi connectivity index (χ4v) is 9.44. The van der Waals surface area contributed by atoms with Crippen LogP contribution in [0.1, 0.15) is 101 Å². The van der Waals surface area contributed by atoms with Crippen molar-refractivity contribution in [1.29, 1.82) is 0 Å². The van der Waals surface area contributed by atoms with Crippen LogP contribution in [0.25, 0.3) is 0 Å². The lowest BCUT2D eigenvalue weighted by molar-refractivity contribution is -0.130. The third kappa shape index (κ3) is 8.99. The van der Waals surface area contributed by atoms with Crippen LogP contribution >= 0.6 is 0 Å². The smallest absolute Gasteiger partial charge is 0.259 e. The standard InChI is InChI=1S/C50H58N8O8/c1-31-10-19-37(54-45(31)57(38-8-6-21-51-27-38)47(60)34-17-13-33(14-18-34)42-44(64-25-24-62-5)49(2,3)65-56-42)26-50(4)43(59)41(55-66-50)32-11-15-35(16-12-32)48(61)58(39-9-7-22-52-28-39)46-40-30-63-29-36(40)20-23-53-46/h10-20,23,38-39,44,51-52H,6-9,21-22,24-30H2,1-5H3. The second-order valence-corrected chi connectivity index (χ2v) is 18.4. The maximum Gasteiger partial charge on any atom is 0.259 e. The fourth-order valence-electron chi connectivity index (χ4n) is 9.44. The Morgan fingerprint density at radius 2 is 1.44 bits per heavy atom. The van der Waals surface area contributed by atoms with E-state index in [1.165, 1.54) is 0 Å². The van der Waals surface area contributed by atoms with E-state index in [0.29, 0.717) is 79.2 Å². The van der Waals surface area contributed by atoms with Gasteiger partial charge in [0.25, 0.3) is 11.8 Å². The molecule has 4 unspecified atom stereocenters. The number of carbonyl (C=O) groups excluding carboxylic acids is 3. The molecule has 9 rings (SSSR count). The predicted molar refractivity (Wildman–Crippen MR) is 248 cm³/mol. The summed E-state index contributed by atoms with van der Waals surface area (Å²) in [5, 5.41) is 15.6. The van der Waals surface area contributed by atoms with E-state index in [1.807, 2.05) is 56.0 Å². The van der Waals surface area contributed by atoms with Gasteiger partial charge >= 0.3 is 0 Å². The van der Waals surface area contributed by atoms with Crippen LogP contribution in [0, 0.1) is 6.92 Å². The Kier molecular flexibility index (Phi) is 13.1. The van der Waals surface area contributed by atoms with E-state index >= 15 is 0 Å². The van der Waals surface area contributed by atoms with E-state index in [-0.39, 0.29) is 41.8 Å². The molecule has 2 amide bonds. The molecule has 2 N–H and O–H groups in total. The van der Waals surface area contributed by atoms with Crippen molar-refractivity contribution in [3.8, 4) is 0 Å². The molecular weight excluding hydrogens is 841 g/mol. The van der Waals surface area contributed by atoms with E-state index in [2.05, 4.69) is 25.9 Å². The highest BCUT2D eigenvalue weighted by atomic mass is 16.7. The number of anilines is 2. The Morgan fingerprint density at radius 3 is 2.08 bits per heavy atom. The minimum atomic E-state index is -1.36.